The molecule has 0 radical (unpaired) electrons. The molecule has 29 heavy (non-hydrogen) atoms. The van der Waals surface area contributed by atoms with Gasteiger partial charge in [-0.25, -0.2) is 4.98 Å². The van der Waals surface area contributed by atoms with Gasteiger partial charge in [0, 0.05) is 16.8 Å². The summed E-state index contributed by atoms with van der Waals surface area (Å²) >= 11 is 6.34. The second-order valence-corrected chi connectivity index (χ2v) is 6.67. The normalized spacial score (nSPS) is 10.7. The number of aromatic amines is 2. The number of rotatable bonds is 5. The highest BCUT2D eigenvalue weighted by molar-refractivity contribution is 6.33. The van der Waals surface area contributed by atoms with Gasteiger partial charge in [-0.2, -0.15) is 10.2 Å². The van der Waals surface area contributed by atoms with Crippen molar-refractivity contribution in [1.82, 2.24) is 25.4 Å². The van der Waals surface area contributed by atoms with Gasteiger partial charge in [-0.05, 0) is 43.3 Å². The Morgan fingerprint density at radius 3 is 2.62 bits per heavy atom. The Kier molecular flexibility index (Phi) is 5.01. The number of nitrogens with zero attached hydrogens (tertiary/aromatic N) is 3. The molecule has 0 bridgehead atoms. The van der Waals surface area contributed by atoms with E-state index < -0.39 is 0 Å². The van der Waals surface area contributed by atoms with Crippen LogP contribution in [0.3, 0.4) is 0 Å². The number of benzene rings is 2. The van der Waals surface area contributed by atoms with Gasteiger partial charge in [0.15, 0.2) is 5.82 Å². The van der Waals surface area contributed by atoms with Crippen LogP contribution in [-0.4, -0.2) is 38.4 Å². The molecule has 2 aromatic heterocycles. The maximum absolute atomic E-state index is 12.6. The smallest absolute Gasteiger partial charge is 0.273 e. The summed E-state index contributed by atoms with van der Waals surface area (Å²) in [6.45, 7) is 1.81. The molecule has 0 atom stereocenters. The highest BCUT2D eigenvalue weighted by Crippen LogP contribution is 2.30. The number of aryl methyl sites for hydroxylation is 1. The van der Waals surface area contributed by atoms with Gasteiger partial charge in [-0.1, -0.05) is 23.7 Å². The second-order valence-electron chi connectivity index (χ2n) is 6.26. The van der Waals surface area contributed by atoms with Crippen LogP contribution in [0.4, 0.5) is 5.69 Å². The number of carbonyl (C=O) groups excluding carboxylic acids is 1. The van der Waals surface area contributed by atoms with Crippen LogP contribution in [0.25, 0.3) is 22.6 Å². The molecule has 0 aliphatic heterocycles. The number of hydrogen-bond donors (Lipinski definition) is 3. The van der Waals surface area contributed by atoms with Crippen molar-refractivity contribution in [3.8, 4) is 28.4 Å². The van der Waals surface area contributed by atoms with Gasteiger partial charge >= 0.3 is 0 Å². The number of H-pyrrole nitrogens is 2. The first kappa shape index (κ1) is 18.7. The number of halogens is 1. The van der Waals surface area contributed by atoms with E-state index in [9.17, 15) is 4.79 Å². The lowest BCUT2D eigenvalue weighted by molar-refractivity contribution is 0.102. The molecule has 8 nitrogen and oxygen atoms in total. The SMILES string of the molecule is COc1ccccc1-c1cc(C(=O)Nc2ccc(-c3n[nH]c(C)n3)c(Cl)c2)[nH]n1. The number of amides is 1. The average molecular weight is 409 g/mol. The maximum atomic E-state index is 12.6. The van der Waals surface area contributed by atoms with Crippen LogP contribution in [-0.2, 0) is 0 Å². The van der Waals surface area contributed by atoms with Crippen LogP contribution in [0.1, 0.15) is 16.3 Å². The van der Waals surface area contributed by atoms with Crippen molar-refractivity contribution in [2.45, 2.75) is 6.92 Å². The molecule has 4 rings (SSSR count). The first-order valence-corrected chi connectivity index (χ1v) is 9.12. The minimum atomic E-state index is -0.337. The van der Waals surface area contributed by atoms with Gasteiger partial charge in [0.25, 0.3) is 5.91 Å². The molecule has 4 aromatic rings. The first-order chi connectivity index (χ1) is 14.0. The summed E-state index contributed by atoms with van der Waals surface area (Å²) in [6, 6.07) is 14.3. The van der Waals surface area contributed by atoms with Gasteiger partial charge in [0.2, 0.25) is 0 Å². The minimum absolute atomic E-state index is 0.315. The van der Waals surface area contributed by atoms with E-state index in [0.29, 0.717) is 45.1 Å². The molecule has 0 aliphatic carbocycles. The van der Waals surface area contributed by atoms with Crippen molar-refractivity contribution in [1.29, 1.82) is 0 Å². The number of nitrogens with one attached hydrogen (secondary N) is 3. The van der Waals surface area contributed by atoms with Crippen molar-refractivity contribution < 1.29 is 9.53 Å². The summed E-state index contributed by atoms with van der Waals surface area (Å²) in [6.07, 6.45) is 0. The Hall–Kier alpha value is -3.65. The molecule has 0 aliphatic rings. The summed E-state index contributed by atoms with van der Waals surface area (Å²) in [4.78, 5) is 16.9. The van der Waals surface area contributed by atoms with Crippen LogP contribution >= 0.6 is 11.6 Å². The topological polar surface area (TPSA) is 109 Å². The molecule has 0 saturated heterocycles. The molecule has 0 fully saturated rings. The number of hydrogen-bond acceptors (Lipinski definition) is 5. The van der Waals surface area contributed by atoms with Crippen LogP contribution in [0, 0.1) is 6.92 Å². The maximum Gasteiger partial charge on any atom is 0.273 e. The predicted molar refractivity (Wildman–Crippen MR) is 110 cm³/mol. The highest BCUT2D eigenvalue weighted by Gasteiger charge is 2.15. The van der Waals surface area contributed by atoms with E-state index in [2.05, 4.69) is 30.7 Å². The van der Waals surface area contributed by atoms with Crippen molar-refractivity contribution in [2.75, 3.05) is 12.4 Å². The van der Waals surface area contributed by atoms with Gasteiger partial charge in [-0.3, -0.25) is 15.0 Å². The zero-order valence-corrected chi connectivity index (χ0v) is 16.4. The molecule has 9 heteroatoms. The third-order valence-electron chi connectivity index (χ3n) is 4.27. The highest BCUT2D eigenvalue weighted by atomic mass is 35.5. The fraction of sp³-hybridized carbons (Fsp3) is 0.100. The standard InChI is InChI=1S/C20H17ClN6O2/c1-11-22-19(27-24-11)13-8-7-12(9-15(13)21)23-20(28)17-10-16(25-26-17)14-5-3-4-6-18(14)29-2/h3-10H,1-2H3,(H,23,28)(H,25,26)(H,22,24,27). The van der Waals surface area contributed by atoms with Crippen LogP contribution < -0.4 is 10.1 Å². The number of anilines is 1. The largest absolute Gasteiger partial charge is 0.496 e. The Bertz CT molecular complexity index is 1180. The lowest BCUT2D eigenvalue weighted by atomic mass is 10.1. The minimum Gasteiger partial charge on any atom is -0.496 e. The summed E-state index contributed by atoms with van der Waals surface area (Å²) in [5.74, 6) is 1.53. The average Bonchev–Trinajstić information content (AvgIpc) is 3.37. The Morgan fingerprint density at radius 1 is 1.07 bits per heavy atom. The third-order valence-corrected chi connectivity index (χ3v) is 4.58. The summed E-state index contributed by atoms with van der Waals surface area (Å²) < 4.78 is 5.35. The predicted octanol–water partition coefficient (Wildman–Crippen LogP) is 4.08. The van der Waals surface area contributed by atoms with E-state index in [1.165, 1.54) is 0 Å². The molecule has 1 amide bonds. The number of carbonyl (C=O) groups is 1. The molecule has 3 N–H and O–H groups in total. The van der Waals surface area contributed by atoms with E-state index in [0.717, 1.165) is 5.56 Å². The molecule has 0 unspecified atom stereocenters. The first-order valence-electron chi connectivity index (χ1n) is 8.74. The van der Waals surface area contributed by atoms with Crippen molar-refractivity contribution >= 4 is 23.2 Å². The van der Waals surface area contributed by atoms with E-state index in [1.54, 1.807) is 31.4 Å². The van der Waals surface area contributed by atoms with Crippen molar-refractivity contribution in [3.63, 3.8) is 0 Å². The van der Waals surface area contributed by atoms with Gasteiger partial charge in [0.05, 0.1) is 17.8 Å². The number of para-hydroxylation sites is 1. The molecule has 2 heterocycles. The molecule has 0 spiro atoms. The Morgan fingerprint density at radius 2 is 1.90 bits per heavy atom. The Balaban J connectivity index is 1.53. The third kappa shape index (κ3) is 3.83. The Labute approximate surface area is 171 Å². The second kappa shape index (κ2) is 7.76. The lowest BCUT2D eigenvalue weighted by Crippen LogP contribution is -2.12. The number of ether oxygens (including phenoxy) is 1. The van der Waals surface area contributed by atoms with Crippen LogP contribution in [0.2, 0.25) is 5.02 Å². The van der Waals surface area contributed by atoms with Crippen LogP contribution in [0.5, 0.6) is 5.75 Å². The monoisotopic (exact) mass is 408 g/mol. The lowest BCUT2D eigenvalue weighted by Gasteiger charge is -2.06. The quantitative estimate of drug-likeness (QED) is 0.461. The molecular weight excluding hydrogens is 392 g/mol. The van der Waals surface area contributed by atoms with E-state index in [4.69, 9.17) is 16.3 Å². The number of methoxy groups -OCH3 is 1. The molecule has 0 saturated carbocycles. The van der Waals surface area contributed by atoms with Gasteiger partial charge in [-0.15, -0.1) is 0 Å². The van der Waals surface area contributed by atoms with Crippen LogP contribution in [0.15, 0.2) is 48.5 Å². The zero-order chi connectivity index (χ0) is 20.4. The summed E-state index contributed by atoms with van der Waals surface area (Å²) in [7, 11) is 1.59. The molecule has 2 aromatic carbocycles. The molecular formula is C20H17ClN6O2. The van der Waals surface area contributed by atoms with Crippen molar-refractivity contribution in [2.24, 2.45) is 0 Å². The molecule has 146 valence electrons. The summed E-state index contributed by atoms with van der Waals surface area (Å²) in [5, 5.41) is 17.1. The van der Waals surface area contributed by atoms with Gasteiger partial charge in [0.1, 0.15) is 17.3 Å². The van der Waals surface area contributed by atoms with E-state index in [-0.39, 0.29) is 5.91 Å². The van der Waals surface area contributed by atoms with Gasteiger partial charge < -0.3 is 10.1 Å². The number of aromatic nitrogens is 5. The van der Waals surface area contributed by atoms with Crippen molar-refractivity contribution in [3.05, 3.63) is 65.1 Å². The fourth-order valence-corrected chi connectivity index (χ4v) is 3.13. The summed E-state index contributed by atoms with van der Waals surface area (Å²) in [5.41, 5.74) is 2.94. The van der Waals surface area contributed by atoms with E-state index >= 15 is 0 Å². The fourth-order valence-electron chi connectivity index (χ4n) is 2.87. The van der Waals surface area contributed by atoms with E-state index in [1.807, 2.05) is 31.2 Å². The zero-order valence-electron chi connectivity index (χ0n) is 15.7.